The van der Waals surface area contributed by atoms with E-state index in [2.05, 4.69) is 27.8 Å². The standard InChI is InChI=1S/C17H22N4O/c1-13-10-14(2)21(19-13)12-15-5-8-20(9-6-15)17(22)16-4-3-7-18-11-16/h3-4,7,10-11,15H,5-6,8-9,12H2,1-2H3. The van der Waals surface area contributed by atoms with Crippen molar-refractivity contribution in [1.82, 2.24) is 19.7 Å². The second-order valence-corrected chi connectivity index (χ2v) is 6.09. The summed E-state index contributed by atoms with van der Waals surface area (Å²) in [5, 5.41) is 4.53. The van der Waals surface area contributed by atoms with Gasteiger partial charge in [0, 0.05) is 37.7 Å². The molecule has 0 bridgehead atoms. The Morgan fingerprint density at radius 2 is 2.09 bits per heavy atom. The van der Waals surface area contributed by atoms with Crippen molar-refractivity contribution in [2.24, 2.45) is 5.92 Å². The van der Waals surface area contributed by atoms with Gasteiger partial charge < -0.3 is 4.90 Å². The maximum atomic E-state index is 12.4. The third kappa shape index (κ3) is 3.18. The number of rotatable bonds is 3. The molecule has 0 saturated carbocycles. The van der Waals surface area contributed by atoms with Crippen molar-refractivity contribution in [2.45, 2.75) is 33.2 Å². The molecule has 0 radical (unpaired) electrons. The lowest BCUT2D eigenvalue weighted by molar-refractivity contribution is 0.0680. The van der Waals surface area contributed by atoms with Crippen molar-refractivity contribution < 1.29 is 4.79 Å². The van der Waals surface area contributed by atoms with Crippen LogP contribution in [0.3, 0.4) is 0 Å². The fourth-order valence-electron chi connectivity index (χ4n) is 3.09. The van der Waals surface area contributed by atoms with Crippen molar-refractivity contribution in [3.05, 3.63) is 47.5 Å². The molecule has 0 aromatic carbocycles. The summed E-state index contributed by atoms with van der Waals surface area (Å²) in [6.07, 6.45) is 5.40. The summed E-state index contributed by atoms with van der Waals surface area (Å²) < 4.78 is 2.10. The first-order valence-electron chi connectivity index (χ1n) is 7.84. The van der Waals surface area contributed by atoms with Crippen molar-refractivity contribution >= 4 is 5.91 Å². The third-order valence-electron chi connectivity index (χ3n) is 4.34. The molecular formula is C17H22N4O. The minimum absolute atomic E-state index is 0.0951. The Labute approximate surface area is 131 Å². The molecule has 1 aliphatic heterocycles. The Balaban J connectivity index is 1.56. The molecular weight excluding hydrogens is 276 g/mol. The molecule has 0 N–H and O–H groups in total. The van der Waals surface area contributed by atoms with Crippen LogP contribution in [0.1, 0.15) is 34.6 Å². The minimum atomic E-state index is 0.0951. The Morgan fingerprint density at radius 1 is 1.32 bits per heavy atom. The van der Waals surface area contributed by atoms with Gasteiger partial charge in [-0.1, -0.05) is 0 Å². The molecule has 22 heavy (non-hydrogen) atoms. The minimum Gasteiger partial charge on any atom is -0.339 e. The lowest BCUT2D eigenvalue weighted by atomic mass is 9.96. The molecule has 5 nitrogen and oxygen atoms in total. The van der Waals surface area contributed by atoms with Crippen molar-refractivity contribution in [2.75, 3.05) is 13.1 Å². The normalized spacial score (nSPS) is 16.0. The molecule has 0 atom stereocenters. The SMILES string of the molecule is Cc1cc(C)n(CC2CCN(C(=O)c3cccnc3)CC2)n1. The number of amides is 1. The van der Waals surface area contributed by atoms with Crippen LogP contribution in [0.15, 0.2) is 30.6 Å². The van der Waals surface area contributed by atoms with Crippen LogP contribution in [-0.4, -0.2) is 38.7 Å². The van der Waals surface area contributed by atoms with Gasteiger partial charge in [-0.15, -0.1) is 0 Å². The van der Waals surface area contributed by atoms with Gasteiger partial charge >= 0.3 is 0 Å². The molecule has 2 aromatic heterocycles. The zero-order valence-electron chi connectivity index (χ0n) is 13.2. The smallest absolute Gasteiger partial charge is 0.255 e. The van der Waals surface area contributed by atoms with Crippen LogP contribution in [0, 0.1) is 19.8 Å². The Morgan fingerprint density at radius 3 is 2.68 bits per heavy atom. The molecule has 1 aliphatic rings. The second kappa shape index (κ2) is 6.30. The largest absolute Gasteiger partial charge is 0.339 e. The van der Waals surface area contributed by atoms with Gasteiger partial charge in [-0.2, -0.15) is 5.10 Å². The van der Waals surface area contributed by atoms with E-state index in [1.165, 1.54) is 5.69 Å². The Bertz CT molecular complexity index is 642. The number of nitrogens with zero attached hydrogens (tertiary/aromatic N) is 4. The second-order valence-electron chi connectivity index (χ2n) is 6.09. The number of pyridine rings is 1. The first kappa shape index (κ1) is 14.8. The number of aromatic nitrogens is 3. The van der Waals surface area contributed by atoms with Crippen molar-refractivity contribution in [3.8, 4) is 0 Å². The Kier molecular flexibility index (Phi) is 4.22. The molecule has 116 valence electrons. The van der Waals surface area contributed by atoms with Gasteiger partial charge in [0.2, 0.25) is 0 Å². The quantitative estimate of drug-likeness (QED) is 0.874. The van der Waals surface area contributed by atoms with E-state index in [1.54, 1.807) is 12.4 Å². The van der Waals surface area contributed by atoms with Gasteiger partial charge in [0.15, 0.2) is 0 Å². The zero-order valence-corrected chi connectivity index (χ0v) is 13.2. The van der Waals surface area contributed by atoms with E-state index in [1.807, 2.05) is 24.0 Å². The summed E-state index contributed by atoms with van der Waals surface area (Å²) in [7, 11) is 0. The first-order valence-corrected chi connectivity index (χ1v) is 7.84. The fraction of sp³-hybridized carbons (Fsp3) is 0.471. The van der Waals surface area contributed by atoms with E-state index in [4.69, 9.17) is 0 Å². The lowest BCUT2D eigenvalue weighted by Gasteiger charge is -2.32. The van der Waals surface area contributed by atoms with Crippen LogP contribution in [0.2, 0.25) is 0 Å². The predicted molar refractivity (Wildman–Crippen MR) is 84.6 cm³/mol. The van der Waals surface area contributed by atoms with Gasteiger partial charge in [-0.25, -0.2) is 0 Å². The molecule has 0 spiro atoms. The molecule has 1 saturated heterocycles. The van der Waals surface area contributed by atoms with Crippen molar-refractivity contribution in [3.63, 3.8) is 0 Å². The molecule has 0 unspecified atom stereocenters. The number of hydrogen-bond donors (Lipinski definition) is 0. The van der Waals surface area contributed by atoms with Gasteiger partial charge in [-0.3, -0.25) is 14.5 Å². The van der Waals surface area contributed by atoms with Crippen LogP contribution >= 0.6 is 0 Å². The van der Waals surface area contributed by atoms with E-state index in [0.29, 0.717) is 11.5 Å². The lowest BCUT2D eigenvalue weighted by Crippen LogP contribution is -2.39. The highest BCUT2D eigenvalue weighted by Gasteiger charge is 2.24. The molecule has 2 aromatic rings. The molecule has 1 fully saturated rings. The average Bonchev–Trinajstić information content (AvgIpc) is 2.86. The maximum Gasteiger partial charge on any atom is 0.255 e. The van der Waals surface area contributed by atoms with Gasteiger partial charge in [0.25, 0.3) is 5.91 Å². The van der Waals surface area contributed by atoms with Crippen LogP contribution in [0.25, 0.3) is 0 Å². The van der Waals surface area contributed by atoms with Crippen LogP contribution in [0.4, 0.5) is 0 Å². The Hall–Kier alpha value is -2.17. The van der Waals surface area contributed by atoms with Gasteiger partial charge in [0.1, 0.15) is 0 Å². The summed E-state index contributed by atoms with van der Waals surface area (Å²) in [6.45, 7) is 6.71. The van der Waals surface area contributed by atoms with E-state index < -0.39 is 0 Å². The van der Waals surface area contributed by atoms with E-state index in [9.17, 15) is 4.79 Å². The highest BCUT2D eigenvalue weighted by molar-refractivity contribution is 5.93. The number of hydrogen-bond acceptors (Lipinski definition) is 3. The third-order valence-corrected chi connectivity index (χ3v) is 4.34. The number of carbonyl (C=O) groups is 1. The summed E-state index contributed by atoms with van der Waals surface area (Å²) in [6, 6.07) is 5.75. The summed E-state index contributed by atoms with van der Waals surface area (Å²) in [4.78, 5) is 18.4. The average molecular weight is 298 g/mol. The number of aryl methyl sites for hydroxylation is 2. The molecule has 5 heteroatoms. The number of likely N-dealkylation sites (tertiary alicyclic amines) is 1. The molecule has 0 aliphatic carbocycles. The summed E-state index contributed by atoms with van der Waals surface area (Å²) in [5.74, 6) is 0.689. The van der Waals surface area contributed by atoms with Gasteiger partial charge in [0.05, 0.1) is 11.3 Å². The maximum absolute atomic E-state index is 12.4. The van der Waals surface area contributed by atoms with Gasteiger partial charge in [-0.05, 0) is 50.8 Å². The van der Waals surface area contributed by atoms with Crippen molar-refractivity contribution in [1.29, 1.82) is 0 Å². The van der Waals surface area contributed by atoms with E-state index in [-0.39, 0.29) is 5.91 Å². The molecule has 1 amide bonds. The number of carbonyl (C=O) groups excluding carboxylic acids is 1. The van der Waals surface area contributed by atoms with E-state index in [0.717, 1.165) is 38.2 Å². The summed E-state index contributed by atoms with van der Waals surface area (Å²) in [5.41, 5.74) is 2.97. The molecule has 3 heterocycles. The zero-order chi connectivity index (χ0) is 15.5. The fourth-order valence-corrected chi connectivity index (χ4v) is 3.09. The van der Waals surface area contributed by atoms with E-state index >= 15 is 0 Å². The molecule has 3 rings (SSSR count). The topological polar surface area (TPSA) is 51.0 Å². The summed E-state index contributed by atoms with van der Waals surface area (Å²) >= 11 is 0. The highest BCUT2D eigenvalue weighted by atomic mass is 16.2. The first-order chi connectivity index (χ1) is 10.6. The van der Waals surface area contributed by atoms with Crippen LogP contribution in [-0.2, 0) is 6.54 Å². The van der Waals surface area contributed by atoms with Crippen LogP contribution in [0.5, 0.6) is 0 Å². The monoisotopic (exact) mass is 298 g/mol. The highest BCUT2D eigenvalue weighted by Crippen LogP contribution is 2.21. The number of piperidine rings is 1. The van der Waals surface area contributed by atoms with Crippen LogP contribution < -0.4 is 0 Å². The predicted octanol–water partition coefficient (Wildman–Crippen LogP) is 2.45.